The molecule has 0 saturated carbocycles. The highest BCUT2D eigenvalue weighted by molar-refractivity contribution is 5.92. The molecule has 104 valence electrons. The predicted octanol–water partition coefficient (Wildman–Crippen LogP) is 3.78. The first-order valence-corrected chi connectivity index (χ1v) is 6.98. The summed E-state index contributed by atoms with van der Waals surface area (Å²) in [5, 5.41) is 3.00. The molecule has 0 aliphatic heterocycles. The number of anilines is 1. The normalized spacial score (nSPS) is 11.9. The molecule has 0 saturated heterocycles. The van der Waals surface area contributed by atoms with E-state index in [1.807, 2.05) is 49.5 Å². The number of benzene rings is 1. The second kappa shape index (κ2) is 6.85. The number of nitrogens with zero attached hydrogens (tertiary/aromatic N) is 1. The second-order valence-electron chi connectivity index (χ2n) is 4.95. The van der Waals surface area contributed by atoms with Gasteiger partial charge in [-0.1, -0.05) is 38.1 Å². The Labute approximate surface area is 120 Å². The molecule has 3 heteroatoms. The highest BCUT2D eigenvalue weighted by Crippen LogP contribution is 2.20. The van der Waals surface area contributed by atoms with E-state index in [4.69, 9.17) is 0 Å². The van der Waals surface area contributed by atoms with E-state index < -0.39 is 0 Å². The van der Waals surface area contributed by atoms with Gasteiger partial charge in [-0.15, -0.1) is 0 Å². The topological polar surface area (TPSA) is 42.0 Å². The first kappa shape index (κ1) is 14.3. The lowest BCUT2D eigenvalue weighted by atomic mass is 9.99. The maximum absolute atomic E-state index is 12.1. The summed E-state index contributed by atoms with van der Waals surface area (Å²) in [7, 11) is 0. The number of hydrogen-bond donors (Lipinski definition) is 1. The average Bonchev–Trinajstić information content (AvgIpc) is 2.48. The Morgan fingerprint density at radius 3 is 2.75 bits per heavy atom. The van der Waals surface area contributed by atoms with E-state index >= 15 is 0 Å². The molecule has 1 N–H and O–H groups in total. The van der Waals surface area contributed by atoms with Crippen LogP contribution in [0.4, 0.5) is 5.69 Å². The number of carbonyl (C=O) groups excluding carboxylic acids is 1. The van der Waals surface area contributed by atoms with Gasteiger partial charge in [0.05, 0.1) is 0 Å². The number of pyridine rings is 1. The Balaban J connectivity index is 1.99. The fraction of sp³-hybridized carbons (Fsp3) is 0.294. The molecule has 1 heterocycles. The van der Waals surface area contributed by atoms with Crippen LogP contribution < -0.4 is 5.32 Å². The van der Waals surface area contributed by atoms with Gasteiger partial charge in [0.15, 0.2) is 0 Å². The van der Waals surface area contributed by atoms with Crippen molar-refractivity contribution >= 4 is 11.6 Å². The summed E-state index contributed by atoms with van der Waals surface area (Å²) in [6, 6.07) is 11.8. The summed E-state index contributed by atoms with van der Waals surface area (Å²) in [5.74, 6) is 0.208. The molecule has 2 rings (SSSR count). The Hall–Kier alpha value is -2.16. The standard InChI is InChI=1S/C17H20N2O/c1-3-14-7-4-5-9-16(14)19-17(20)11-13(2)15-8-6-10-18-12-15/h4-10,12-13H,3,11H2,1-2H3,(H,19,20). The van der Waals surface area contributed by atoms with Crippen LogP contribution in [0.25, 0.3) is 0 Å². The average molecular weight is 268 g/mol. The number of hydrogen-bond acceptors (Lipinski definition) is 2. The highest BCUT2D eigenvalue weighted by Gasteiger charge is 2.12. The van der Waals surface area contributed by atoms with Gasteiger partial charge in [0.1, 0.15) is 0 Å². The minimum Gasteiger partial charge on any atom is -0.326 e. The van der Waals surface area contributed by atoms with Crippen LogP contribution >= 0.6 is 0 Å². The zero-order valence-corrected chi connectivity index (χ0v) is 12.0. The zero-order chi connectivity index (χ0) is 14.4. The lowest BCUT2D eigenvalue weighted by Crippen LogP contribution is -2.15. The van der Waals surface area contributed by atoms with Gasteiger partial charge in [-0.25, -0.2) is 0 Å². The van der Waals surface area contributed by atoms with Gasteiger partial charge >= 0.3 is 0 Å². The summed E-state index contributed by atoms with van der Waals surface area (Å²) < 4.78 is 0. The predicted molar refractivity (Wildman–Crippen MR) is 81.7 cm³/mol. The summed E-state index contributed by atoms with van der Waals surface area (Å²) in [4.78, 5) is 16.2. The van der Waals surface area contributed by atoms with Gasteiger partial charge in [0.25, 0.3) is 0 Å². The van der Waals surface area contributed by atoms with Gasteiger partial charge in [-0.05, 0) is 35.6 Å². The molecule has 0 radical (unpaired) electrons. The van der Waals surface area contributed by atoms with Gasteiger partial charge in [0.2, 0.25) is 5.91 Å². The lowest BCUT2D eigenvalue weighted by Gasteiger charge is -2.13. The third-order valence-corrected chi connectivity index (χ3v) is 3.42. The molecule has 3 nitrogen and oxygen atoms in total. The third kappa shape index (κ3) is 3.67. The van der Waals surface area contributed by atoms with E-state index in [0.29, 0.717) is 6.42 Å². The molecule has 0 spiro atoms. The van der Waals surface area contributed by atoms with E-state index in [9.17, 15) is 4.79 Å². The Morgan fingerprint density at radius 1 is 1.25 bits per heavy atom. The molecule has 1 amide bonds. The number of aryl methyl sites for hydroxylation is 1. The van der Waals surface area contributed by atoms with Crippen molar-refractivity contribution in [1.29, 1.82) is 0 Å². The molecule has 0 fully saturated rings. The molecule has 1 aromatic carbocycles. The first-order chi connectivity index (χ1) is 9.70. The number of para-hydroxylation sites is 1. The van der Waals surface area contributed by atoms with E-state index in [1.165, 1.54) is 0 Å². The van der Waals surface area contributed by atoms with Gasteiger partial charge < -0.3 is 5.32 Å². The number of aromatic nitrogens is 1. The molecule has 2 aromatic rings. The molecular weight excluding hydrogens is 248 g/mol. The Bertz CT molecular complexity index is 566. The Morgan fingerprint density at radius 2 is 2.05 bits per heavy atom. The molecule has 0 aliphatic rings. The summed E-state index contributed by atoms with van der Waals surface area (Å²) in [6.07, 6.45) is 4.93. The molecular formula is C17H20N2O. The number of rotatable bonds is 5. The van der Waals surface area contributed by atoms with Crippen molar-refractivity contribution in [3.05, 3.63) is 59.9 Å². The van der Waals surface area contributed by atoms with Crippen LogP contribution in [0.3, 0.4) is 0 Å². The van der Waals surface area contributed by atoms with Gasteiger partial charge in [0, 0.05) is 24.5 Å². The van der Waals surface area contributed by atoms with Crippen LogP contribution in [0, 0.1) is 0 Å². The summed E-state index contributed by atoms with van der Waals surface area (Å²) >= 11 is 0. The van der Waals surface area contributed by atoms with Crippen molar-refractivity contribution in [2.45, 2.75) is 32.6 Å². The van der Waals surface area contributed by atoms with Gasteiger partial charge in [-0.3, -0.25) is 9.78 Å². The molecule has 0 bridgehead atoms. The minimum atomic E-state index is 0.0438. The largest absolute Gasteiger partial charge is 0.326 e. The van der Waals surface area contributed by atoms with Crippen molar-refractivity contribution in [3.8, 4) is 0 Å². The molecule has 1 aromatic heterocycles. The van der Waals surface area contributed by atoms with Crippen molar-refractivity contribution in [3.63, 3.8) is 0 Å². The van der Waals surface area contributed by atoms with Crippen molar-refractivity contribution in [1.82, 2.24) is 4.98 Å². The van der Waals surface area contributed by atoms with Crippen LogP contribution in [-0.4, -0.2) is 10.9 Å². The van der Waals surface area contributed by atoms with Crippen LogP contribution in [0.2, 0.25) is 0 Å². The zero-order valence-electron chi connectivity index (χ0n) is 12.0. The lowest BCUT2D eigenvalue weighted by molar-refractivity contribution is -0.116. The summed E-state index contributed by atoms with van der Waals surface area (Å²) in [6.45, 7) is 4.13. The highest BCUT2D eigenvalue weighted by atomic mass is 16.1. The molecule has 20 heavy (non-hydrogen) atoms. The smallest absolute Gasteiger partial charge is 0.224 e. The van der Waals surface area contributed by atoms with Crippen molar-refractivity contribution in [2.75, 3.05) is 5.32 Å². The fourth-order valence-electron chi connectivity index (χ4n) is 2.22. The first-order valence-electron chi connectivity index (χ1n) is 6.98. The van der Waals surface area contributed by atoms with Crippen LogP contribution in [0.15, 0.2) is 48.8 Å². The number of carbonyl (C=O) groups is 1. The maximum atomic E-state index is 12.1. The molecule has 1 unspecified atom stereocenters. The monoisotopic (exact) mass is 268 g/mol. The number of amides is 1. The van der Waals surface area contributed by atoms with E-state index in [0.717, 1.165) is 23.2 Å². The fourth-order valence-corrected chi connectivity index (χ4v) is 2.22. The molecule has 1 atom stereocenters. The second-order valence-corrected chi connectivity index (χ2v) is 4.95. The Kier molecular flexibility index (Phi) is 4.88. The summed E-state index contributed by atoms with van der Waals surface area (Å²) in [5.41, 5.74) is 3.17. The van der Waals surface area contributed by atoms with Crippen LogP contribution in [0.1, 0.15) is 37.3 Å². The molecule has 0 aliphatic carbocycles. The van der Waals surface area contributed by atoms with Crippen LogP contribution in [-0.2, 0) is 11.2 Å². The van der Waals surface area contributed by atoms with E-state index in [1.54, 1.807) is 6.20 Å². The van der Waals surface area contributed by atoms with E-state index in [2.05, 4.69) is 17.2 Å². The minimum absolute atomic E-state index is 0.0438. The van der Waals surface area contributed by atoms with Gasteiger partial charge in [-0.2, -0.15) is 0 Å². The van der Waals surface area contributed by atoms with Crippen LogP contribution in [0.5, 0.6) is 0 Å². The maximum Gasteiger partial charge on any atom is 0.224 e. The van der Waals surface area contributed by atoms with Crippen molar-refractivity contribution < 1.29 is 4.79 Å². The van der Waals surface area contributed by atoms with Crippen molar-refractivity contribution in [2.24, 2.45) is 0 Å². The van der Waals surface area contributed by atoms with E-state index in [-0.39, 0.29) is 11.8 Å². The SMILES string of the molecule is CCc1ccccc1NC(=O)CC(C)c1cccnc1. The number of nitrogens with one attached hydrogen (secondary N) is 1. The quantitative estimate of drug-likeness (QED) is 0.896. The third-order valence-electron chi connectivity index (χ3n) is 3.42.